The Hall–Kier alpha value is -5.29. The van der Waals surface area contributed by atoms with Gasteiger partial charge in [-0.05, 0) is 61.3 Å². The van der Waals surface area contributed by atoms with E-state index >= 15 is 0 Å². The number of hydrogen-bond acceptors (Lipinski definition) is 7. The summed E-state index contributed by atoms with van der Waals surface area (Å²) in [5, 5.41) is 27.6. The van der Waals surface area contributed by atoms with E-state index in [0.29, 0.717) is 33.4 Å². The number of hydrogen-bond donors (Lipinski definition) is 4. The Morgan fingerprint density at radius 1 is 1.00 bits per heavy atom. The summed E-state index contributed by atoms with van der Waals surface area (Å²) in [7, 11) is 0. The van der Waals surface area contributed by atoms with Crippen molar-refractivity contribution in [2.45, 2.75) is 19.4 Å². The first-order valence-corrected chi connectivity index (χ1v) is 13.2. The van der Waals surface area contributed by atoms with Gasteiger partial charge in [0, 0.05) is 35.1 Å². The van der Waals surface area contributed by atoms with Gasteiger partial charge < -0.3 is 15.4 Å². The third kappa shape index (κ3) is 5.43. The number of aliphatic imine (C=N–C) groups is 1. The summed E-state index contributed by atoms with van der Waals surface area (Å²) >= 11 is 0. The molecule has 1 aromatic heterocycles. The van der Waals surface area contributed by atoms with Gasteiger partial charge in [0.2, 0.25) is 0 Å². The van der Waals surface area contributed by atoms with Gasteiger partial charge in [-0.15, -0.1) is 0 Å². The number of imide groups is 1. The molecule has 6 rings (SSSR count). The van der Waals surface area contributed by atoms with E-state index in [0.717, 1.165) is 30.8 Å². The SMILES string of the molecule is O=C1NC(=O)/C(=C\c2ccc(N=C(c3ccc(CN4CCCC4)cc3)c3c(O)[nH]c4ccc([N+](=O)[O-])cc34)cc2)N1. The molecule has 3 aromatic carbocycles. The molecule has 0 radical (unpaired) electrons. The maximum Gasteiger partial charge on any atom is 0.326 e. The highest BCUT2D eigenvalue weighted by Gasteiger charge is 2.23. The van der Waals surface area contributed by atoms with Gasteiger partial charge in [0.1, 0.15) is 5.70 Å². The molecule has 11 nitrogen and oxygen atoms in total. The van der Waals surface area contributed by atoms with Gasteiger partial charge in [-0.1, -0.05) is 36.4 Å². The minimum Gasteiger partial charge on any atom is -0.494 e. The average molecular weight is 551 g/mol. The van der Waals surface area contributed by atoms with Crippen LogP contribution in [-0.2, 0) is 11.3 Å². The fourth-order valence-corrected chi connectivity index (χ4v) is 5.17. The average Bonchev–Trinajstić information content (AvgIpc) is 3.67. The molecule has 2 saturated heterocycles. The molecule has 41 heavy (non-hydrogen) atoms. The Morgan fingerprint density at radius 2 is 1.73 bits per heavy atom. The number of fused-ring (bicyclic) bond motifs is 1. The van der Waals surface area contributed by atoms with Crippen molar-refractivity contribution >= 4 is 46.0 Å². The topological polar surface area (TPSA) is 153 Å². The van der Waals surface area contributed by atoms with Crippen LogP contribution in [0.25, 0.3) is 17.0 Å². The molecule has 3 heterocycles. The number of carbonyl (C=O) groups is 2. The Bertz CT molecular complexity index is 1730. The summed E-state index contributed by atoms with van der Waals surface area (Å²) in [6.45, 7) is 3.02. The van der Waals surface area contributed by atoms with Gasteiger partial charge in [0.15, 0.2) is 5.88 Å². The van der Waals surface area contributed by atoms with Crippen molar-refractivity contribution in [2.75, 3.05) is 13.1 Å². The van der Waals surface area contributed by atoms with E-state index in [-0.39, 0.29) is 17.3 Å². The predicted octanol–water partition coefficient (Wildman–Crippen LogP) is 4.73. The number of nitro benzene ring substituents is 1. The zero-order chi connectivity index (χ0) is 28.5. The van der Waals surface area contributed by atoms with Crippen molar-refractivity contribution in [3.05, 3.63) is 105 Å². The van der Waals surface area contributed by atoms with E-state index in [4.69, 9.17) is 4.99 Å². The number of urea groups is 1. The lowest BCUT2D eigenvalue weighted by molar-refractivity contribution is -0.384. The minimum absolute atomic E-state index is 0.0986. The third-order valence-electron chi connectivity index (χ3n) is 7.21. The van der Waals surface area contributed by atoms with Gasteiger partial charge in [0.25, 0.3) is 11.6 Å². The van der Waals surface area contributed by atoms with Gasteiger partial charge in [-0.25, -0.2) is 9.79 Å². The standard InChI is InChI=1S/C30H26N6O5/c37-28-25(33-30(39)34-28)15-18-5-9-21(10-6-18)31-27(20-7-3-19(4-8-20)17-35-13-1-2-14-35)26-23-16-22(36(40)41)11-12-24(23)32-29(26)38/h3-12,15-16,32,38H,1-2,13-14,17H2,(H2,33,34,37,39)/b25-15+,31-27?. The first-order valence-electron chi connectivity index (χ1n) is 13.2. The molecule has 2 fully saturated rings. The van der Waals surface area contributed by atoms with E-state index in [2.05, 4.69) is 20.5 Å². The van der Waals surface area contributed by atoms with Crippen molar-refractivity contribution < 1.29 is 19.6 Å². The Morgan fingerprint density at radius 3 is 2.39 bits per heavy atom. The highest BCUT2D eigenvalue weighted by atomic mass is 16.6. The number of benzene rings is 3. The fourth-order valence-electron chi connectivity index (χ4n) is 5.17. The van der Waals surface area contributed by atoms with Crippen LogP contribution in [0.15, 0.2) is 77.4 Å². The van der Waals surface area contributed by atoms with E-state index in [9.17, 15) is 24.8 Å². The molecule has 4 N–H and O–H groups in total. The number of H-pyrrole nitrogens is 1. The molecule has 0 spiro atoms. The van der Waals surface area contributed by atoms with E-state index < -0.39 is 16.9 Å². The Kier molecular flexibility index (Phi) is 6.78. The van der Waals surface area contributed by atoms with Crippen molar-refractivity contribution in [1.82, 2.24) is 20.5 Å². The lowest BCUT2D eigenvalue weighted by atomic mass is 9.99. The van der Waals surface area contributed by atoms with Crippen LogP contribution in [0, 0.1) is 10.1 Å². The summed E-state index contributed by atoms with van der Waals surface area (Å²) in [6, 6.07) is 18.8. The molecule has 11 heteroatoms. The lowest BCUT2D eigenvalue weighted by Crippen LogP contribution is -2.22. The zero-order valence-electron chi connectivity index (χ0n) is 21.9. The second-order valence-electron chi connectivity index (χ2n) is 10.0. The second kappa shape index (κ2) is 10.7. The number of amides is 3. The van der Waals surface area contributed by atoms with Crippen molar-refractivity contribution in [2.24, 2.45) is 4.99 Å². The van der Waals surface area contributed by atoms with Gasteiger partial charge in [0.05, 0.1) is 21.9 Å². The maximum atomic E-state index is 11.9. The summed E-state index contributed by atoms with van der Waals surface area (Å²) in [6.07, 6.45) is 3.97. The van der Waals surface area contributed by atoms with E-state index in [1.807, 2.05) is 24.3 Å². The quantitative estimate of drug-likeness (QED) is 0.0858. The van der Waals surface area contributed by atoms with Crippen LogP contribution in [-0.4, -0.2) is 50.7 Å². The van der Waals surface area contributed by atoms with Crippen LogP contribution in [0.2, 0.25) is 0 Å². The summed E-state index contributed by atoms with van der Waals surface area (Å²) < 4.78 is 0. The second-order valence-corrected chi connectivity index (χ2v) is 10.0. The number of rotatable bonds is 7. The van der Waals surface area contributed by atoms with Crippen LogP contribution in [0.5, 0.6) is 5.88 Å². The smallest absolute Gasteiger partial charge is 0.326 e. The highest BCUT2D eigenvalue weighted by molar-refractivity contribution is 6.22. The van der Waals surface area contributed by atoms with Crippen LogP contribution in [0.1, 0.15) is 35.1 Å². The summed E-state index contributed by atoms with van der Waals surface area (Å²) in [5.74, 6) is -0.652. The number of nitro groups is 1. The number of likely N-dealkylation sites (tertiary alicyclic amines) is 1. The fraction of sp³-hybridized carbons (Fsp3) is 0.167. The van der Waals surface area contributed by atoms with E-state index in [1.54, 1.807) is 36.4 Å². The largest absolute Gasteiger partial charge is 0.494 e. The molecule has 206 valence electrons. The normalized spacial score (nSPS) is 16.9. The summed E-state index contributed by atoms with van der Waals surface area (Å²) in [4.78, 5) is 44.5. The van der Waals surface area contributed by atoms with Gasteiger partial charge >= 0.3 is 6.03 Å². The number of aromatic amines is 1. The maximum absolute atomic E-state index is 11.9. The van der Waals surface area contributed by atoms with Crippen LogP contribution in [0.3, 0.4) is 0 Å². The van der Waals surface area contributed by atoms with Crippen molar-refractivity contribution in [3.63, 3.8) is 0 Å². The van der Waals surface area contributed by atoms with Crippen molar-refractivity contribution in [1.29, 1.82) is 0 Å². The number of aromatic hydroxyl groups is 1. The third-order valence-corrected chi connectivity index (χ3v) is 7.21. The number of nitrogens with one attached hydrogen (secondary N) is 3. The highest BCUT2D eigenvalue weighted by Crippen LogP contribution is 2.34. The molecule has 0 bridgehead atoms. The van der Waals surface area contributed by atoms with Gasteiger partial charge in [-0.2, -0.15) is 0 Å². The Labute approximate surface area is 234 Å². The lowest BCUT2D eigenvalue weighted by Gasteiger charge is -2.15. The van der Waals surface area contributed by atoms with Crippen molar-refractivity contribution in [3.8, 4) is 5.88 Å². The minimum atomic E-state index is -0.572. The molecular formula is C30H26N6O5. The molecular weight excluding hydrogens is 524 g/mol. The monoisotopic (exact) mass is 550 g/mol. The van der Waals surface area contributed by atoms with E-state index in [1.165, 1.54) is 25.0 Å². The van der Waals surface area contributed by atoms with Gasteiger partial charge in [-0.3, -0.25) is 25.1 Å². The van der Waals surface area contributed by atoms with Crippen LogP contribution < -0.4 is 10.6 Å². The molecule has 0 atom stereocenters. The molecule has 4 aromatic rings. The van der Waals surface area contributed by atoms with Crippen LogP contribution >= 0.6 is 0 Å². The molecule has 3 amide bonds. The van der Waals surface area contributed by atoms with Crippen LogP contribution in [0.4, 0.5) is 16.2 Å². The number of non-ortho nitro benzene ring substituents is 1. The molecule has 0 saturated carbocycles. The first-order chi connectivity index (χ1) is 19.8. The predicted molar refractivity (Wildman–Crippen MR) is 154 cm³/mol. The molecule has 0 aliphatic carbocycles. The first kappa shape index (κ1) is 26.0. The molecule has 0 unspecified atom stereocenters. The number of aromatic nitrogens is 1. The zero-order valence-corrected chi connectivity index (χ0v) is 21.9. The Balaban J connectivity index is 1.41. The summed E-state index contributed by atoms with van der Waals surface area (Å²) in [5.41, 5.74) is 4.51. The molecule has 2 aliphatic heterocycles. The number of carbonyl (C=O) groups excluding carboxylic acids is 2. The number of nitrogens with zero attached hydrogens (tertiary/aromatic N) is 3. The molecule has 2 aliphatic rings.